The summed E-state index contributed by atoms with van der Waals surface area (Å²) >= 11 is 5.76. The van der Waals surface area contributed by atoms with Gasteiger partial charge < -0.3 is 10.4 Å². The van der Waals surface area contributed by atoms with Gasteiger partial charge in [0.2, 0.25) is 5.91 Å². The summed E-state index contributed by atoms with van der Waals surface area (Å²) in [5, 5.41) is 11.5. The Bertz CT molecular complexity index is 890. The summed E-state index contributed by atoms with van der Waals surface area (Å²) in [6.07, 6.45) is 0. The van der Waals surface area contributed by atoms with Gasteiger partial charge in [-0.1, -0.05) is 23.7 Å². The number of benzene rings is 2. The van der Waals surface area contributed by atoms with Gasteiger partial charge in [-0.3, -0.25) is 19.3 Å². The molecule has 1 aliphatic rings. The molecule has 0 saturated heterocycles. The van der Waals surface area contributed by atoms with Crippen molar-refractivity contribution >= 4 is 41.0 Å². The maximum atomic E-state index is 12.2. The van der Waals surface area contributed by atoms with Gasteiger partial charge >= 0.3 is 5.97 Å². The van der Waals surface area contributed by atoms with E-state index in [0.717, 1.165) is 4.90 Å². The fraction of sp³-hybridized carbons (Fsp3) is 0.0588. The van der Waals surface area contributed by atoms with Gasteiger partial charge in [0, 0.05) is 5.69 Å². The Balaban J connectivity index is 1.74. The quantitative estimate of drug-likeness (QED) is 0.816. The number of nitrogens with zero attached hydrogens (tertiary/aromatic N) is 1. The zero-order valence-corrected chi connectivity index (χ0v) is 13.4. The Morgan fingerprint density at radius 2 is 1.64 bits per heavy atom. The number of aromatic carboxylic acids is 1. The zero-order chi connectivity index (χ0) is 18.1. The molecule has 8 heteroatoms. The van der Waals surface area contributed by atoms with E-state index in [2.05, 4.69) is 5.32 Å². The van der Waals surface area contributed by atoms with Crippen LogP contribution in [-0.2, 0) is 4.79 Å². The van der Waals surface area contributed by atoms with E-state index >= 15 is 0 Å². The van der Waals surface area contributed by atoms with Gasteiger partial charge in [-0.25, -0.2) is 4.79 Å². The molecule has 25 heavy (non-hydrogen) atoms. The van der Waals surface area contributed by atoms with Crippen molar-refractivity contribution in [1.82, 2.24) is 4.90 Å². The predicted octanol–water partition coefficient (Wildman–Crippen LogP) is 2.27. The lowest BCUT2D eigenvalue weighted by Gasteiger charge is -2.14. The smallest absolute Gasteiger partial charge is 0.337 e. The van der Waals surface area contributed by atoms with Gasteiger partial charge in [0.05, 0.1) is 21.7 Å². The number of carbonyl (C=O) groups excluding carboxylic acids is 3. The predicted molar refractivity (Wildman–Crippen MR) is 88.9 cm³/mol. The van der Waals surface area contributed by atoms with Crippen LogP contribution in [0.1, 0.15) is 31.1 Å². The number of carboxylic acid groups (broad SMARTS) is 1. The first-order valence-corrected chi connectivity index (χ1v) is 7.54. The highest BCUT2D eigenvalue weighted by molar-refractivity contribution is 6.33. The molecule has 0 bridgehead atoms. The molecule has 0 saturated carbocycles. The van der Waals surface area contributed by atoms with Crippen LogP contribution in [0.3, 0.4) is 0 Å². The number of hydrogen-bond donors (Lipinski definition) is 2. The van der Waals surface area contributed by atoms with Crippen molar-refractivity contribution in [2.45, 2.75) is 0 Å². The normalized spacial score (nSPS) is 12.9. The minimum Gasteiger partial charge on any atom is -0.478 e. The molecule has 2 aromatic rings. The largest absolute Gasteiger partial charge is 0.478 e. The van der Waals surface area contributed by atoms with E-state index < -0.39 is 30.2 Å². The molecule has 126 valence electrons. The van der Waals surface area contributed by atoms with Crippen molar-refractivity contribution in [3.05, 3.63) is 64.2 Å². The monoisotopic (exact) mass is 358 g/mol. The summed E-state index contributed by atoms with van der Waals surface area (Å²) in [5.41, 5.74) is 0.531. The van der Waals surface area contributed by atoms with Crippen molar-refractivity contribution in [3.63, 3.8) is 0 Å². The average molecular weight is 359 g/mol. The lowest BCUT2D eigenvalue weighted by Crippen LogP contribution is -2.37. The molecule has 0 unspecified atom stereocenters. The van der Waals surface area contributed by atoms with Gasteiger partial charge in [-0.05, 0) is 30.3 Å². The number of imide groups is 1. The van der Waals surface area contributed by atoms with Crippen LogP contribution >= 0.6 is 11.6 Å². The topological polar surface area (TPSA) is 104 Å². The van der Waals surface area contributed by atoms with Crippen LogP contribution in [-0.4, -0.2) is 40.2 Å². The molecule has 0 aliphatic carbocycles. The van der Waals surface area contributed by atoms with Crippen LogP contribution in [0, 0.1) is 0 Å². The van der Waals surface area contributed by atoms with Gasteiger partial charge in [0.25, 0.3) is 11.8 Å². The Labute approximate surface area is 146 Å². The number of fused-ring (bicyclic) bond motifs is 1. The van der Waals surface area contributed by atoms with Gasteiger partial charge in [0.1, 0.15) is 6.54 Å². The molecule has 0 radical (unpaired) electrons. The molecular formula is C17H11ClN2O5. The Kier molecular flexibility index (Phi) is 4.24. The van der Waals surface area contributed by atoms with E-state index in [4.69, 9.17) is 16.7 Å². The first kappa shape index (κ1) is 16.7. The second kappa shape index (κ2) is 6.37. The molecule has 7 nitrogen and oxygen atoms in total. The van der Waals surface area contributed by atoms with E-state index in [-0.39, 0.29) is 27.4 Å². The molecule has 3 amide bonds. The van der Waals surface area contributed by atoms with Gasteiger partial charge in [0.15, 0.2) is 0 Å². The van der Waals surface area contributed by atoms with Crippen LogP contribution in [0.15, 0.2) is 42.5 Å². The highest BCUT2D eigenvalue weighted by Gasteiger charge is 2.36. The van der Waals surface area contributed by atoms with E-state index in [0.29, 0.717) is 0 Å². The molecule has 2 aromatic carbocycles. The lowest BCUT2D eigenvalue weighted by atomic mass is 10.1. The summed E-state index contributed by atoms with van der Waals surface area (Å²) in [7, 11) is 0. The van der Waals surface area contributed by atoms with E-state index in [1.54, 1.807) is 12.1 Å². The molecule has 0 atom stereocenters. The number of halogens is 1. The third kappa shape index (κ3) is 3.09. The molecular weight excluding hydrogens is 348 g/mol. The standard InChI is InChI=1S/C17H11ClN2O5/c18-13-6-5-9(7-12(13)17(24)25)19-14(21)8-20-15(22)10-3-1-2-4-11(10)16(20)23/h1-7H,8H2,(H,19,21)(H,24,25). The van der Waals surface area contributed by atoms with E-state index in [1.165, 1.54) is 30.3 Å². The molecule has 0 aromatic heterocycles. The lowest BCUT2D eigenvalue weighted by molar-refractivity contribution is -0.116. The number of anilines is 1. The number of amides is 3. The fourth-order valence-electron chi connectivity index (χ4n) is 2.49. The zero-order valence-electron chi connectivity index (χ0n) is 12.7. The Morgan fingerprint density at radius 1 is 1.04 bits per heavy atom. The van der Waals surface area contributed by atoms with Gasteiger partial charge in [-0.2, -0.15) is 0 Å². The van der Waals surface area contributed by atoms with Crippen LogP contribution in [0.4, 0.5) is 5.69 Å². The Hall–Kier alpha value is -3.19. The fourth-order valence-corrected chi connectivity index (χ4v) is 2.69. The van der Waals surface area contributed by atoms with Crippen LogP contribution in [0.5, 0.6) is 0 Å². The van der Waals surface area contributed by atoms with E-state index in [1.807, 2.05) is 0 Å². The van der Waals surface area contributed by atoms with Crippen LogP contribution in [0.2, 0.25) is 5.02 Å². The average Bonchev–Trinajstić information content (AvgIpc) is 2.82. The maximum absolute atomic E-state index is 12.2. The van der Waals surface area contributed by atoms with Crippen molar-refractivity contribution in [3.8, 4) is 0 Å². The number of carbonyl (C=O) groups is 4. The van der Waals surface area contributed by atoms with Crippen molar-refractivity contribution in [2.75, 3.05) is 11.9 Å². The number of hydrogen-bond acceptors (Lipinski definition) is 4. The number of rotatable bonds is 4. The minimum atomic E-state index is -1.23. The molecule has 1 aliphatic heterocycles. The first-order valence-electron chi connectivity index (χ1n) is 7.16. The van der Waals surface area contributed by atoms with E-state index in [9.17, 15) is 19.2 Å². The molecule has 0 fully saturated rings. The van der Waals surface area contributed by atoms with Crippen LogP contribution in [0.25, 0.3) is 0 Å². The van der Waals surface area contributed by atoms with Gasteiger partial charge in [-0.15, -0.1) is 0 Å². The second-order valence-electron chi connectivity index (χ2n) is 5.29. The molecule has 3 rings (SSSR count). The summed E-state index contributed by atoms with van der Waals surface area (Å²) in [4.78, 5) is 48.5. The minimum absolute atomic E-state index is 0.0332. The second-order valence-corrected chi connectivity index (χ2v) is 5.70. The SMILES string of the molecule is O=C(CN1C(=O)c2ccccc2C1=O)Nc1ccc(Cl)c(C(=O)O)c1. The third-order valence-corrected chi connectivity index (χ3v) is 3.99. The highest BCUT2D eigenvalue weighted by Crippen LogP contribution is 2.23. The summed E-state index contributed by atoms with van der Waals surface area (Å²) < 4.78 is 0. The Morgan fingerprint density at radius 3 is 2.20 bits per heavy atom. The van der Waals surface area contributed by atoms with Crippen molar-refractivity contribution < 1.29 is 24.3 Å². The molecule has 0 spiro atoms. The van der Waals surface area contributed by atoms with Crippen molar-refractivity contribution in [2.24, 2.45) is 0 Å². The number of nitrogens with one attached hydrogen (secondary N) is 1. The molecule has 1 heterocycles. The number of carboxylic acids is 1. The molecule has 2 N–H and O–H groups in total. The first-order chi connectivity index (χ1) is 11.9. The summed E-state index contributed by atoms with van der Waals surface area (Å²) in [6, 6.07) is 10.3. The third-order valence-electron chi connectivity index (χ3n) is 3.66. The maximum Gasteiger partial charge on any atom is 0.337 e. The summed E-state index contributed by atoms with van der Waals surface area (Å²) in [6.45, 7) is -0.475. The van der Waals surface area contributed by atoms with Crippen molar-refractivity contribution in [1.29, 1.82) is 0 Å². The highest BCUT2D eigenvalue weighted by atomic mass is 35.5. The van der Waals surface area contributed by atoms with Crippen LogP contribution < -0.4 is 5.32 Å². The summed E-state index contributed by atoms with van der Waals surface area (Å²) in [5.74, 6) is -2.95.